The summed E-state index contributed by atoms with van der Waals surface area (Å²) >= 11 is 0. The van der Waals surface area contributed by atoms with E-state index in [0.717, 1.165) is 31.4 Å². The van der Waals surface area contributed by atoms with Crippen LogP contribution >= 0.6 is 0 Å². The van der Waals surface area contributed by atoms with E-state index in [0.29, 0.717) is 19.6 Å². The van der Waals surface area contributed by atoms with Crippen LogP contribution in [0.25, 0.3) is 0 Å². The first-order valence-electron chi connectivity index (χ1n) is 8.77. The maximum Gasteiger partial charge on any atom is 0.408 e. The van der Waals surface area contributed by atoms with E-state index in [-0.39, 0.29) is 11.9 Å². The van der Waals surface area contributed by atoms with Gasteiger partial charge in [0, 0.05) is 31.4 Å². The SMILES string of the molecule is O=C(O)N1CCNCC1C(=O)N(c1ccccc1)C1CCCCC1. The van der Waals surface area contributed by atoms with Gasteiger partial charge in [-0.15, -0.1) is 0 Å². The second-order valence-corrected chi connectivity index (χ2v) is 6.53. The average molecular weight is 331 g/mol. The van der Waals surface area contributed by atoms with Crippen molar-refractivity contribution in [2.45, 2.75) is 44.2 Å². The van der Waals surface area contributed by atoms with Crippen molar-refractivity contribution in [2.24, 2.45) is 0 Å². The third-order valence-electron chi connectivity index (χ3n) is 4.99. The summed E-state index contributed by atoms with van der Waals surface area (Å²) in [6.07, 6.45) is 4.38. The number of amides is 2. The molecule has 130 valence electrons. The Morgan fingerprint density at radius 1 is 1.12 bits per heavy atom. The molecule has 0 radical (unpaired) electrons. The Labute approximate surface area is 142 Å². The van der Waals surface area contributed by atoms with Crippen molar-refractivity contribution in [3.8, 4) is 0 Å². The highest BCUT2D eigenvalue weighted by Gasteiger charge is 2.38. The van der Waals surface area contributed by atoms with Crippen LogP contribution in [0.15, 0.2) is 30.3 Å². The smallest absolute Gasteiger partial charge is 0.408 e. The van der Waals surface area contributed by atoms with E-state index in [1.54, 1.807) is 0 Å². The molecule has 6 heteroatoms. The molecule has 2 fully saturated rings. The van der Waals surface area contributed by atoms with Gasteiger partial charge in [-0.2, -0.15) is 0 Å². The highest BCUT2D eigenvalue weighted by molar-refractivity contribution is 5.99. The molecule has 1 saturated heterocycles. The van der Waals surface area contributed by atoms with Crippen molar-refractivity contribution < 1.29 is 14.7 Å². The molecule has 0 bridgehead atoms. The van der Waals surface area contributed by atoms with Gasteiger partial charge in [-0.25, -0.2) is 4.79 Å². The number of nitrogens with one attached hydrogen (secondary N) is 1. The van der Waals surface area contributed by atoms with Crippen LogP contribution < -0.4 is 10.2 Å². The molecule has 1 atom stereocenters. The minimum atomic E-state index is -1.02. The molecule has 2 aliphatic rings. The van der Waals surface area contributed by atoms with Crippen molar-refractivity contribution in [3.05, 3.63) is 30.3 Å². The first kappa shape index (κ1) is 16.8. The molecule has 24 heavy (non-hydrogen) atoms. The van der Waals surface area contributed by atoms with Crippen LogP contribution in [0, 0.1) is 0 Å². The third-order valence-corrected chi connectivity index (χ3v) is 4.99. The fourth-order valence-corrected chi connectivity index (χ4v) is 3.76. The fraction of sp³-hybridized carbons (Fsp3) is 0.556. The zero-order valence-corrected chi connectivity index (χ0v) is 13.9. The molecule has 1 unspecified atom stereocenters. The minimum absolute atomic E-state index is 0.109. The Morgan fingerprint density at radius 3 is 2.50 bits per heavy atom. The number of carbonyl (C=O) groups excluding carboxylic acids is 1. The number of piperazine rings is 1. The molecule has 6 nitrogen and oxygen atoms in total. The molecule has 1 aliphatic heterocycles. The number of carboxylic acid groups (broad SMARTS) is 1. The van der Waals surface area contributed by atoms with Crippen molar-refractivity contribution in [3.63, 3.8) is 0 Å². The van der Waals surface area contributed by atoms with Crippen molar-refractivity contribution in [1.29, 1.82) is 0 Å². The number of nitrogens with zero attached hydrogens (tertiary/aromatic N) is 2. The molecule has 1 saturated carbocycles. The van der Waals surface area contributed by atoms with Gasteiger partial charge in [0.2, 0.25) is 0 Å². The lowest BCUT2D eigenvalue weighted by Gasteiger charge is -2.40. The van der Waals surface area contributed by atoms with Crippen LogP contribution in [0.5, 0.6) is 0 Å². The van der Waals surface area contributed by atoms with E-state index in [2.05, 4.69) is 5.32 Å². The number of hydrogen-bond donors (Lipinski definition) is 2. The lowest BCUT2D eigenvalue weighted by molar-refractivity contribution is -0.124. The Balaban J connectivity index is 1.89. The van der Waals surface area contributed by atoms with Gasteiger partial charge in [-0.3, -0.25) is 9.69 Å². The van der Waals surface area contributed by atoms with E-state index in [1.165, 1.54) is 11.3 Å². The number of rotatable bonds is 3. The highest BCUT2D eigenvalue weighted by atomic mass is 16.4. The summed E-state index contributed by atoms with van der Waals surface area (Å²) in [6, 6.07) is 9.16. The van der Waals surface area contributed by atoms with Crippen LogP contribution in [0.4, 0.5) is 10.5 Å². The fourth-order valence-electron chi connectivity index (χ4n) is 3.76. The van der Waals surface area contributed by atoms with Crippen molar-refractivity contribution >= 4 is 17.7 Å². The van der Waals surface area contributed by atoms with E-state index in [9.17, 15) is 14.7 Å². The topological polar surface area (TPSA) is 72.9 Å². The lowest BCUT2D eigenvalue weighted by atomic mass is 9.93. The summed E-state index contributed by atoms with van der Waals surface area (Å²) in [4.78, 5) is 28.0. The molecular weight excluding hydrogens is 306 g/mol. The van der Waals surface area contributed by atoms with Gasteiger partial charge in [0.25, 0.3) is 5.91 Å². The Bertz CT molecular complexity index is 572. The molecule has 1 aromatic rings. The number of anilines is 1. The number of para-hydroxylation sites is 1. The van der Waals surface area contributed by atoms with Gasteiger partial charge >= 0.3 is 6.09 Å². The second-order valence-electron chi connectivity index (χ2n) is 6.53. The molecule has 1 aromatic carbocycles. The molecule has 1 heterocycles. The summed E-state index contributed by atoms with van der Waals surface area (Å²) in [5.74, 6) is -0.109. The average Bonchev–Trinajstić information content (AvgIpc) is 2.63. The Hall–Kier alpha value is -2.08. The summed E-state index contributed by atoms with van der Waals surface area (Å²) < 4.78 is 0. The second kappa shape index (κ2) is 7.66. The highest BCUT2D eigenvalue weighted by Crippen LogP contribution is 2.28. The van der Waals surface area contributed by atoms with Crippen LogP contribution in [-0.4, -0.2) is 53.7 Å². The molecule has 1 aliphatic carbocycles. The van der Waals surface area contributed by atoms with E-state index in [4.69, 9.17) is 0 Å². The van der Waals surface area contributed by atoms with Crippen molar-refractivity contribution in [2.75, 3.05) is 24.5 Å². The summed E-state index contributed by atoms with van der Waals surface area (Å²) in [5, 5.41) is 12.6. The molecule has 2 N–H and O–H groups in total. The summed E-state index contributed by atoms with van der Waals surface area (Å²) in [7, 11) is 0. The van der Waals surface area contributed by atoms with Gasteiger partial charge in [0.1, 0.15) is 6.04 Å². The first-order chi connectivity index (χ1) is 11.7. The zero-order valence-electron chi connectivity index (χ0n) is 13.9. The van der Waals surface area contributed by atoms with Crippen LogP contribution in [0.3, 0.4) is 0 Å². The van der Waals surface area contributed by atoms with Crippen LogP contribution in [0.1, 0.15) is 32.1 Å². The summed E-state index contributed by atoms with van der Waals surface area (Å²) in [5.41, 5.74) is 0.866. The summed E-state index contributed by atoms with van der Waals surface area (Å²) in [6.45, 7) is 1.31. The quantitative estimate of drug-likeness (QED) is 0.891. The van der Waals surface area contributed by atoms with Gasteiger partial charge in [0.15, 0.2) is 0 Å². The van der Waals surface area contributed by atoms with E-state index >= 15 is 0 Å². The molecule has 3 rings (SSSR count). The maximum absolute atomic E-state index is 13.3. The number of hydrogen-bond acceptors (Lipinski definition) is 3. The molecule has 2 amide bonds. The van der Waals surface area contributed by atoms with Gasteiger partial charge in [0.05, 0.1) is 0 Å². The normalized spacial score (nSPS) is 22.2. The van der Waals surface area contributed by atoms with E-state index in [1.807, 2.05) is 35.2 Å². The lowest BCUT2D eigenvalue weighted by Crippen LogP contribution is -2.61. The van der Waals surface area contributed by atoms with E-state index < -0.39 is 12.1 Å². The zero-order chi connectivity index (χ0) is 16.9. The molecule has 0 spiro atoms. The molecular formula is C18H25N3O3. The minimum Gasteiger partial charge on any atom is -0.465 e. The van der Waals surface area contributed by atoms with Gasteiger partial charge in [-0.05, 0) is 25.0 Å². The number of benzene rings is 1. The third kappa shape index (κ3) is 3.53. The first-order valence-corrected chi connectivity index (χ1v) is 8.77. The Kier molecular flexibility index (Phi) is 5.35. The monoisotopic (exact) mass is 331 g/mol. The Morgan fingerprint density at radius 2 is 1.83 bits per heavy atom. The molecule has 0 aromatic heterocycles. The van der Waals surface area contributed by atoms with Crippen molar-refractivity contribution in [1.82, 2.24) is 10.2 Å². The standard InChI is InChI=1S/C18H25N3O3/c22-17(16-13-19-11-12-20(16)18(23)24)21(14-7-3-1-4-8-14)15-9-5-2-6-10-15/h1,3-4,7-8,15-16,19H,2,5-6,9-13H2,(H,23,24). The predicted molar refractivity (Wildman–Crippen MR) is 92.2 cm³/mol. The number of carbonyl (C=O) groups is 2. The maximum atomic E-state index is 13.3. The van der Waals surface area contributed by atoms with Gasteiger partial charge in [-0.1, -0.05) is 37.5 Å². The van der Waals surface area contributed by atoms with Crippen LogP contribution in [-0.2, 0) is 4.79 Å². The largest absolute Gasteiger partial charge is 0.465 e. The van der Waals surface area contributed by atoms with Crippen LogP contribution in [0.2, 0.25) is 0 Å². The predicted octanol–water partition coefficient (Wildman–Crippen LogP) is 2.30. The van der Waals surface area contributed by atoms with Gasteiger partial charge < -0.3 is 15.3 Å².